The lowest BCUT2D eigenvalue weighted by Gasteiger charge is -2.22. The molecule has 270 valence electrons. The van der Waals surface area contributed by atoms with Gasteiger partial charge >= 0.3 is 23.9 Å². The number of benzene rings is 4. The third-order valence-electron chi connectivity index (χ3n) is 8.04. The number of ether oxygens (including phenoxy) is 3. The molecule has 16 nitrogen and oxygen atoms in total. The van der Waals surface area contributed by atoms with Gasteiger partial charge in [-0.05, 0) is 70.8 Å². The maximum Gasteiger partial charge on any atom is 0.345 e. The molecular weight excluding hydrogens is 688 g/mol. The summed E-state index contributed by atoms with van der Waals surface area (Å²) in [6.45, 7) is 0. The zero-order valence-corrected chi connectivity index (χ0v) is 26.6. The quantitative estimate of drug-likeness (QED) is 0.0577. The normalized spacial score (nSPS) is 16.0. The molecule has 4 aromatic carbocycles. The number of phenols is 7. The average Bonchev–Trinajstić information content (AvgIpc) is 3.50. The fourth-order valence-electron chi connectivity index (χ4n) is 5.49. The molecule has 0 amide bonds. The Hall–Kier alpha value is -7.10. The number of carbonyl (C=O) groups is 4. The second-order valence-corrected chi connectivity index (χ2v) is 11.6. The van der Waals surface area contributed by atoms with Crippen LogP contribution in [0, 0.1) is 0 Å². The van der Waals surface area contributed by atoms with E-state index in [1.807, 2.05) is 0 Å². The summed E-state index contributed by atoms with van der Waals surface area (Å²) in [7, 11) is 0. The highest BCUT2D eigenvalue weighted by Gasteiger charge is 2.46. The number of carboxylic acids is 2. The molecule has 0 saturated carbocycles. The molecule has 0 aliphatic carbocycles. The molecule has 1 heterocycles. The van der Waals surface area contributed by atoms with Crippen molar-refractivity contribution in [3.8, 4) is 46.0 Å². The van der Waals surface area contributed by atoms with Crippen LogP contribution in [0.3, 0.4) is 0 Å². The van der Waals surface area contributed by atoms with E-state index in [4.69, 9.17) is 14.2 Å². The lowest BCUT2D eigenvalue weighted by atomic mass is 9.87. The molecule has 4 atom stereocenters. The predicted octanol–water partition coefficient (Wildman–Crippen LogP) is 3.33. The van der Waals surface area contributed by atoms with Gasteiger partial charge in [0.2, 0.25) is 12.2 Å². The summed E-state index contributed by atoms with van der Waals surface area (Å²) in [5, 5.41) is 89.1. The van der Waals surface area contributed by atoms with E-state index >= 15 is 0 Å². The summed E-state index contributed by atoms with van der Waals surface area (Å²) in [6, 6.07) is 13.0. The van der Waals surface area contributed by atoms with Crippen molar-refractivity contribution in [3.63, 3.8) is 0 Å². The van der Waals surface area contributed by atoms with E-state index in [0.717, 1.165) is 54.6 Å². The van der Waals surface area contributed by atoms with E-state index in [1.54, 1.807) is 0 Å². The topological polar surface area (TPSA) is 278 Å². The minimum Gasteiger partial charge on any atom is -0.504 e. The van der Waals surface area contributed by atoms with E-state index in [2.05, 4.69) is 0 Å². The van der Waals surface area contributed by atoms with E-state index in [-0.39, 0.29) is 40.0 Å². The van der Waals surface area contributed by atoms with Gasteiger partial charge in [0.1, 0.15) is 12.0 Å². The van der Waals surface area contributed by atoms with Crippen LogP contribution in [0.5, 0.6) is 46.0 Å². The molecule has 1 aliphatic rings. The van der Waals surface area contributed by atoms with Crippen LogP contribution in [0.1, 0.15) is 39.8 Å². The number of hydrogen-bond donors (Lipinski definition) is 9. The van der Waals surface area contributed by atoms with Crippen molar-refractivity contribution in [1.29, 1.82) is 0 Å². The van der Waals surface area contributed by atoms with E-state index in [0.29, 0.717) is 0 Å². The van der Waals surface area contributed by atoms with E-state index in [9.17, 15) is 65.1 Å². The Morgan fingerprint density at radius 1 is 0.635 bits per heavy atom. The molecule has 0 aromatic heterocycles. The second kappa shape index (κ2) is 14.8. The summed E-state index contributed by atoms with van der Waals surface area (Å²) in [6.07, 6.45) is -3.85. The Morgan fingerprint density at radius 3 is 1.65 bits per heavy atom. The minimum atomic E-state index is -1.84. The maximum atomic E-state index is 13.9. The van der Waals surface area contributed by atoms with Crippen LogP contribution < -0.4 is 4.74 Å². The standard InChI is InChI=1S/C36H30O16/c37-20-6-1-16(11-24(20)41)13-27(34(45)46)50-29(44)10-5-18-3-9-23(40)33-30(18)31(32(52-33)19-4-8-22(39)26(43)15-19)36(49)51-28(35(47)48)14-17-2-7-21(38)25(42)12-17/h1-12,15,27-28,31-32,37-43H,13-14H2,(H,45,46)(H,47,48)/t27-,28?,31-,32+/m1/s1. The third kappa shape index (κ3) is 7.86. The van der Waals surface area contributed by atoms with E-state index in [1.165, 1.54) is 24.3 Å². The molecule has 1 unspecified atom stereocenters. The van der Waals surface area contributed by atoms with Crippen LogP contribution in [0.25, 0.3) is 6.08 Å². The van der Waals surface area contributed by atoms with Gasteiger partial charge in [0.25, 0.3) is 0 Å². The van der Waals surface area contributed by atoms with Gasteiger partial charge in [-0.3, -0.25) is 4.79 Å². The number of esters is 2. The van der Waals surface area contributed by atoms with Crippen LogP contribution in [0.4, 0.5) is 0 Å². The Morgan fingerprint density at radius 2 is 1.13 bits per heavy atom. The Kier molecular flexibility index (Phi) is 10.3. The van der Waals surface area contributed by atoms with Crippen molar-refractivity contribution >= 4 is 30.0 Å². The highest BCUT2D eigenvalue weighted by Crippen LogP contribution is 2.53. The van der Waals surface area contributed by atoms with Crippen molar-refractivity contribution in [1.82, 2.24) is 0 Å². The Bertz CT molecular complexity index is 2090. The first-order chi connectivity index (χ1) is 24.6. The number of carbonyl (C=O) groups excluding carboxylic acids is 2. The molecule has 0 spiro atoms. The first-order valence-electron chi connectivity index (χ1n) is 15.2. The molecule has 1 aliphatic heterocycles. The van der Waals surface area contributed by atoms with Crippen molar-refractivity contribution < 1.29 is 79.3 Å². The van der Waals surface area contributed by atoms with Gasteiger partial charge in [-0.2, -0.15) is 0 Å². The van der Waals surface area contributed by atoms with Gasteiger partial charge in [-0.25, -0.2) is 14.4 Å². The number of rotatable bonds is 12. The average molecular weight is 719 g/mol. The highest BCUT2D eigenvalue weighted by molar-refractivity contribution is 5.92. The number of hydrogen-bond acceptors (Lipinski definition) is 14. The summed E-state index contributed by atoms with van der Waals surface area (Å²) in [4.78, 5) is 50.9. The Balaban J connectivity index is 1.47. The van der Waals surface area contributed by atoms with Crippen LogP contribution >= 0.6 is 0 Å². The number of aliphatic carboxylic acids is 2. The summed E-state index contributed by atoms with van der Waals surface area (Å²) in [5.74, 6) is -10.8. The van der Waals surface area contributed by atoms with Crippen LogP contribution in [-0.2, 0) is 41.5 Å². The fourth-order valence-corrected chi connectivity index (χ4v) is 5.49. The predicted molar refractivity (Wildman–Crippen MR) is 175 cm³/mol. The molecule has 0 fully saturated rings. The lowest BCUT2D eigenvalue weighted by molar-refractivity contribution is -0.166. The van der Waals surface area contributed by atoms with E-state index < -0.39 is 94.8 Å². The summed E-state index contributed by atoms with van der Waals surface area (Å²) in [5.41, 5.74) is 0.445. The van der Waals surface area contributed by atoms with Gasteiger partial charge in [-0.15, -0.1) is 0 Å². The van der Waals surface area contributed by atoms with Gasteiger partial charge in [-0.1, -0.05) is 24.3 Å². The largest absolute Gasteiger partial charge is 0.504 e. The Labute approximate surface area is 292 Å². The molecule has 52 heavy (non-hydrogen) atoms. The van der Waals surface area contributed by atoms with Crippen LogP contribution in [-0.4, -0.2) is 82.0 Å². The lowest BCUT2D eigenvalue weighted by Crippen LogP contribution is -2.33. The van der Waals surface area contributed by atoms with Gasteiger partial charge in [0, 0.05) is 24.5 Å². The minimum absolute atomic E-state index is 0.0443. The maximum absolute atomic E-state index is 13.9. The zero-order chi connectivity index (χ0) is 37.9. The molecule has 5 rings (SSSR count). The molecule has 9 N–H and O–H groups in total. The first kappa shape index (κ1) is 36.2. The number of fused-ring (bicyclic) bond motifs is 1. The number of carboxylic acid groups (broad SMARTS) is 2. The summed E-state index contributed by atoms with van der Waals surface area (Å²) >= 11 is 0. The van der Waals surface area contributed by atoms with Crippen molar-refractivity contribution in [2.45, 2.75) is 37.1 Å². The van der Waals surface area contributed by atoms with Crippen molar-refractivity contribution in [2.24, 2.45) is 0 Å². The molecule has 0 radical (unpaired) electrons. The van der Waals surface area contributed by atoms with Gasteiger partial charge in [0.05, 0.1) is 0 Å². The zero-order valence-electron chi connectivity index (χ0n) is 26.6. The third-order valence-corrected chi connectivity index (χ3v) is 8.04. The molecule has 0 saturated heterocycles. The highest BCUT2D eigenvalue weighted by atomic mass is 16.6. The van der Waals surface area contributed by atoms with Crippen molar-refractivity contribution in [2.75, 3.05) is 0 Å². The monoisotopic (exact) mass is 718 g/mol. The van der Waals surface area contributed by atoms with Gasteiger partial charge < -0.3 is 60.2 Å². The first-order valence-corrected chi connectivity index (χ1v) is 15.2. The molecule has 4 aromatic rings. The van der Waals surface area contributed by atoms with Crippen LogP contribution in [0.15, 0.2) is 72.8 Å². The second-order valence-electron chi connectivity index (χ2n) is 11.6. The number of aromatic hydroxyl groups is 7. The summed E-state index contributed by atoms with van der Waals surface area (Å²) < 4.78 is 16.5. The fraction of sp³-hybridized carbons (Fsp3) is 0.167. The van der Waals surface area contributed by atoms with Gasteiger partial charge in [0.15, 0.2) is 46.0 Å². The van der Waals surface area contributed by atoms with Crippen LogP contribution in [0.2, 0.25) is 0 Å². The molecule has 0 bridgehead atoms. The van der Waals surface area contributed by atoms with Crippen molar-refractivity contribution in [3.05, 3.63) is 101 Å². The smallest absolute Gasteiger partial charge is 0.345 e. The molecular formula is C36H30O16. The SMILES string of the molecule is O=C(C=Cc1ccc(O)c2c1[C@@H](C(=O)OC(Cc1ccc(O)c(O)c1)C(=O)O)[C@H](c1ccc(O)c(O)c1)O2)O[C@H](Cc1ccc(O)c(O)c1)C(=O)O. The molecule has 16 heteroatoms. The number of phenolic OH excluding ortho intramolecular Hbond substituents is 7.